The minimum absolute atomic E-state index is 0.153. The summed E-state index contributed by atoms with van der Waals surface area (Å²) in [4.78, 5) is 8.52. The fourth-order valence-electron chi connectivity index (χ4n) is 2.20. The van der Waals surface area contributed by atoms with Crippen LogP contribution in [0.2, 0.25) is 0 Å². The number of hydrogen-bond donors (Lipinski definition) is 0. The molecule has 9 nitrogen and oxygen atoms in total. The van der Waals surface area contributed by atoms with Crippen LogP contribution in [0.25, 0.3) is 23.0 Å². The summed E-state index contributed by atoms with van der Waals surface area (Å²) in [5, 5.41) is 3.94. The molecular weight excluding hydrogens is 346 g/mol. The Morgan fingerprint density at radius 2 is 2.04 bits per heavy atom. The highest BCUT2D eigenvalue weighted by atomic mass is 32.2. The molecule has 0 aliphatic heterocycles. The number of aryl methyl sites for hydroxylation is 1. The van der Waals surface area contributed by atoms with E-state index < -0.39 is 10.0 Å². The van der Waals surface area contributed by atoms with E-state index in [0.29, 0.717) is 23.0 Å². The number of nitrogens with zero attached hydrogens (tertiary/aromatic N) is 5. The van der Waals surface area contributed by atoms with Crippen molar-refractivity contribution in [1.29, 1.82) is 0 Å². The third-order valence-electron chi connectivity index (χ3n) is 3.61. The lowest BCUT2D eigenvalue weighted by Crippen LogP contribution is -2.21. The summed E-state index contributed by atoms with van der Waals surface area (Å²) in [6.45, 7) is 0. The standard InChI is InChI=1S/C15H17N5O4S/c1-19(2)25(21,22)11-8-12(20(3)9-11)15-17-14(18-24-15)10-5-6-16-13(7-10)23-4/h5-9H,1-4H3. The molecule has 3 rings (SSSR count). The van der Waals surface area contributed by atoms with Gasteiger partial charge in [0.25, 0.3) is 5.89 Å². The summed E-state index contributed by atoms with van der Waals surface area (Å²) < 4.78 is 37.6. The van der Waals surface area contributed by atoms with Gasteiger partial charge in [0.05, 0.1) is 7.11 Å². The van der Waals surface area contributed by atoms with Gasteiger partial charge < -0.3 is 13.8 Å². The molecule has 10 heteroatoms. The van der Waals surface area contributed by atoms with E-state index in [9.17, 15) is 8.42 Å². The van der Waals surface area contributed by atoms with Crippen molar-refractivity contribution in [3.05, 3.63) is 30.6 Å². The van der Waals surface area contributed by atoms with Gasteiger partial charge in [0, 0.05) is 45.2 Å². The van der Waals surface area contributed by atoms with Crippen LogP contribution >= 0.6 is 0 Å². The molecule has 0 aliphatic carbocycles. The number of ether oxygens (including phenoxy) is 1. The van der Waals surface area contributed by atoms with Gasteiger partial charge in [-0.25, -0.2) is 17.7 Å². The highest BCUT2D eigenvalue weighted by molar-refractivity contribution is 7.89. The number of methoxy groups -OCH3 is 1. The Bertz CT molecular complexity index is 1010. The van der Waals surface area contributed by atoms with Crippen molar-refractivity contribution in [3.63, 3.8) is 0 Å². The van der Waals surface area contributed by atoms with Crippen LogP contribution in [-0.2, 0) is 17.1 Å². The molecule has 0 atom stereocenters. The molecule has 0 bridgehead atoms. The maximum atomic E-state index is 12.3. The highest BCUT2D eigenvalue weighted by Gasteiger charge is 2.23. The van der Waals surface area contributed by atoms with Gasteiger partial charge in [-0.3, -0.25) is 0 Å². The van der Waals surface area contributed by atoms with Gasteiger partial charge in [0.1, 0.15) is 10.6 Å². The summed E-state index contributed by atoms with van der Waals surface area (Å²) in [6, 6.07) is 4.91. The number of hydrogen-bond acceptors (Lipinski definition) is 7. The third-order valence-corrected chi connectivity index (χ3v) is 5.39. The average molecular weight is 363 g/mol. The van der Waals surface area contributed by atoms with Crippen molar-refractivity contribution in [2.75, 3.05) is 21.2 Å². The quantitative estimate of drug-likeness (QED) is 0.675. The zero-order chi connectivity index (χ0) is 18.2. The van der Waals surface area contributed by atoms with Crippen LogP contribution in [0.5, 0.6) is 5.88 Å². The maximum absolute atomic E-state index is 12.3. The van der Waals surface area contributed by atoms with Crippen LogP contribution in [-0.4, -0.2) is 53.6 Å². The van der Waals surface area contributed by atoms with Gasteiger partial charge in [-0.1, -0.05) is 5.16 Å². The first-order valence-corrected chi connectivity index (χ1v) is 8.70. The SMILES string of the molecule is COc1cc(-c2noc(-c3cc(S(=O)(=O)N(C)C)cn3C)n2)ccn1. The van der Waals surface area contributed by atoms with Crippen molar-refractivity contribution < 1.29 is 17.7 Å². The molecule has 3 heterocycles. The first kappa shape index (κ1) is 17.1. The molecule has 0 unspecified atom stereocenters. The van der Waals surface area contributed by atoms with Crippen LogP contribution in [0.3, 0.4) is 0 Å². The van der Waals surface area contributed by atoms with Gasteiger partial charge in [0.15, 0.2) is 0 Å². The minimum atomic E-state index is -3.54. The van der Waals surface area contributed by atoms with Crippen LogP contribution < -0.4 is 4.74 Å². The molecule has 3 aromatic rings. The molecular formula is C15H17N5O4S. The van der Waals surface area contributed by atoms with Gasteiger partial charge in [0.2, 0.25) is 21.7 Å². The summed E-state index contributed by atoms with van der Waals surface area (Å²) in [5.74, 6) is 1.00. The van der Waals surface area contributed by atoms with E-state index in [-0.39, 0.29) is 10.8 Å². The number of pyridine rings is 1. The second kappa shape index (κ2) is 6.30. The highest BCUT2D eigenvalue weighted by Crippen LogP contribution is 2.27. The maximum Gasteiger partial charge on any atom is 0.274 e. The van der Waals surface area contributed by atoms with Crippen molar-refractivity contribution in [1.82, 2.24) is 24.0 Å². The second-order valence-electron chi connectivity index (χ2n) is 5.47. The Kier molecular flexibility index (Phi) is 4.31. The van der Waals surface area contributed by atoms with E-state index in [0.717, 1.165) is 4.31 Å². The monoisotopic (exact) mass is 363 g/mol. The van der Waals surface area contributed by atoms with E-state index in [1.54, 1.807) is 29.9 Å². The van der Waals surface area contributed by atoms with Crippen molar-refractivity contribution in [2.45, 2.75) is 4.90 Å². The van der Waals surface area contributed by atoms with Crippen molar-refractivity contribution in [2.24, 2.45) is 7.05 Å². The summed E-state index contributed by atoms with van der Waals surface area (Å²) >= 11 is 0. The topological polar surface area (TPSA) is 103 Å². The molecule has 0 spiro atoms. The van der Waals surface area contributed by atoms with Crippen LogP contribution in [0, 0.1) is 0 Å². The molecule has 0 fully saturated rings. The van der Waals surface area contributed by atoms with Crippen LogP contribution in [0.4, 0.5) is 0 Å². The van der Waals surface area contributed by atoms with Gasteiger partial charge in [-0.05, 0) is 12.1 Å². The average Bonchev–Trinajstić information content (AvgIpc) is 3.21. The van der Waals surface area contributed by atoms with Crippen molar-refractivity contribution in [3.8, 4) is 28.9 Å². The van der Waals surface area contributed by atoms with E-state index in [4.69, 9.17) is 9.26 Å². The van der Waals surface area contributed by atoms with E-state index in [1.807, 2.05) is 0 Å². The van der Waals surface area contributed by atoms with Gasteiger partial charge >= 0.3 is 0 Å². The molecule has 0 aliphatic rings. The lowest BCUT2D eigenvalue weighted by atomic mass is 10.2. The first-order chi connectivity index (χ1) is 11.8. The zero-order valence-corrected chi connectivity index (χ0v) is 15.0. The number of aromatic nitrogens is 4. The van der Waals surface area contributed by atoms with Gasteiger partial charge in [-0.15, -0.1) is 0 Å². The second-order valence-corrected chi connectivity index (χ2v) is 7.62. The zero-order valence-electron chi connectivity index (χ0n) is 14.2. The Hall–Kier alpha value is -2.72. The smallest absolute Gasteiger partial charge is 0.274 e. The Balaban J connectivity index is 1.99. The molecule has 0 N–H and O–H groups in total. The normalized spacial score (nSPS) is 11.9. The van der Waals surface area contributed by atoms with E-state index >= 15 is 0 Å². The Labute approximate surface area is 144 Å². The van der Waals surface area contributed by atoms with Crippen molar-refractivity contribution >= 4 is 10.0 Å². The van der Waals surface area contributed by atoms with Crippen LogP contribution in [0.1, 0.15) is 0 Å². The number of sulfonamides is 1. The summed E-state index contributed by atoms with van der Waals surface area (Å²) in [5.41, 5.74) is 1.18. The fraction of sp³-hybridized carbons (Fsp3) is 0.267. The molecule has 25 heavy (non-hydrogen) atoms. The molecule has 0 aromatic carbocycles. The summed E-state index contributed by atoms with van der Waals surface area (Å²) in [7, 11) is 2.64. The third kappa shape index (κ3) is 3.13. The minimum Gasteiger partial charge on any atom is -0.481 e. The lowest BCUT2D eigenvalue weighted by Gasteiger charge is -2.08. The first-order valence-electron chi connectivity index (χ1n) is 7.26. The Morgan fingerprint density at radius 1 is 1.28 bits per heavy atom. The molecule has 0 saturated carbocycles. The number of rotatable bonds is 5. The molecule has 0 saturated heterocycles. The predicted octanol–water partition coefficient (Wildman–Crippen LogP) is 1.40. The predicted molar refractivity (Wildman–Crippen MR) is 89.4 cm³/mol. The fourth-order valence-corrected chi connectivity index (χ4v) is 3.18. The Morgan fingerprint density at radius 3 is 2.72 bits per heavy atom. The van der Waals surface area contributed by atoms with Gasteiger partial charge in [-0.2, -0.15) is 4.98 Å². The molecule has 3 aromatic heterocycles. The molecule has 132 valence electrons. The van der Waals surface area contributed by atoms with Crippen LogP contribution in [0.15, 0.2) is 40.0 Å². The molecule has 0 radical (unpaired) electrons. The summed E-state index contributed by atoms with van der Waals surface area (Å²) in [6.07, 6.45) is 3.08. The molecule has 0 amide bonds. The largest absolute Gasteiger partial charge is 0.481 e. The van der Waals surface area contributed by atoms with E-state index in [1.165, 1.54) is 33.5 Å². The van der Waals surface area contributed by atoms with E-state index in [2.05, 4.69) is 15.1 Å². The lowest BCUT2D eigenvalue weighted by molar-refractivity contribution is 0.398.